The summed E-state index contributed by atoms with van der Waals surface area (Å²) in [5.74, 6) is 1.96. The topological polar surface area (TPSA) is 32.3 Å². The highest BCUT2D eigenvalue weighted by Gasteiger charge is 2.20. The minimum atomic E-state index is 0.210. The summed E-state index contributed by atoms with van der Waals surface area (Å²) in [4.78, 5) is 12.9. The molecule has 3 heteroatoms. The van der Waals surface area contributed by atoms with E-state index in [1.807, 2.05) is 0 Å². The van der Waals surface area contributed by atoms with Gasteiger partial charge in [0.25, 0.3) is 0 Å². The first-order valence-electron chi connectivity index (χ1n) is 6.00. The van der Waals surface area contributed by atoms with Crippen molar-refractivity contribution in [2.45, 2.75) is 32.6 Å². The molecule has 3 nitrogen and oxygen atoms in total. The first-order chi connectivity index (χ1) is 7.09. The second-order valence-corrected chi connectivity index (χ2v) is 5.03. The Kier molecular flexibility index (Phi) is 5.09. The Morgan fingerprint density at radius 3 is 2.67 bits per heavy atom. The van der Waals surface area contributed by atoms with Crippen LogP contribution in [-0.4, -0.2) is 38.0 Å². The molecule has 2 atom stereocenters. The molecule has 88 valence electrons. The van der Waals surface area contributed by atoms with Crippen LogP contribution in [0.1, 0.15) is 32.6 Å². The zero-order chi connectivity index (χ0) is 11.3. The molecule has 0 saturated heterocycles. The van der Waals surface area contributed by atoms with Crippen molar-refractivity contribution < 1.29 is 4.79 Å². The lowest BCUT2D eigenvalue weighted by atomic mass is 10.1. The maximum atomic E-state index is 11.3. The Labute approximate surface area is 93.2 Å². The summed E-state index contributed by atoms with van der Waals surface area (Å²) in [5, 5.41) is 3.39. The normalized spacial score (nSPS) is 25.5. The quantitative estimate of drug-likeness (QED) is 0.700. The van der Waals surface area contributed by atoms with Crippen molar-refractivity contribution in [3.05, 3.63) is 0 Å². The molecule has 1 saturated carbocycles. The van der Waals surface area contributed by atoms with Crippen LogP contribution >= 0.6 is 0 Å². The molecule has 0 aromatic carbocycles. The molecular formula is C12H24N2O. The number of carbonyl (C=O) groups is 1. The summed E-state index contributed by atoms with van der Waals surface area (Å²) < 4.78 is 0. The number of nitrogens with zero attached hydrogens (tertiary/aromatic N) is 1. The number of nitrogens with one attached hydrogen (secondary N) is 1. The van der Waals surface area contributed by atoms with Gasteiger partial charge in [0.15, 0.2) is 0 Å². The summed E-state index contributed by atoms with van der Waals surface area (Å²) in [6.45, 7) is 4.24. The maximum Gasteiger partial charge on any atom is 0.223 e. The number of carbonyl (C=O) groups excluding carboxylic acids is 1. The van der Waals surface area contributed by atoms with Crippen LogP contribution in [0.5, 0.6) is 0 Å². The molecule has 0 aromatic heterocycles. The molecule has 1 fully saturated rings. The zero-order valence-corrected chi connectivity index (χ0v) is 10.3. The Balaban J connectivity index is 2.00. The predicted octanol–water partition coefficient (Wildman–Crippen LogP) is 1.49. The van der Waals surface area contributed by atoms with Crippen LogP contribution in [-0.2, 0) is 4.79 Å². The standard InChI is InChI=1S/C12H24N2O/c1-10-4-5-11(8-10)9-13-7-6-12(15)14(2)3/h10-11,13H,4-9H2,1-3H3. The third-order valence-electron chi connectivity index (χ3n) is 3.25. The SMILES string of the molecule is CC1CCC(CNCCC(=O)N(C)C)C1. The number of hydrogen-bond donors (Lipinski definition) is 1. The van der Waals surface area contributed by atoms with Gasteiger partial charge in [-0.15, -0.1) is 0 Å². The van der Waals surface area contributed by atoms with E-state index in [0.29, 0.717) is 6.42 Å². The second-order valence-electron chi connectivity index (χ2n) is 5.03. The van der Waals surface area contributed by atoms with Crippen molar-refractivity contribution >= 4 is 5.91 Å². The molecule has 1 N–H and O–H groups in total. The van der Waals surface area contributed by atoms with E-state index in [9.17, 15) is 4.79 Å². The molecule has 1 amide bonds. The van der Waals surface area contributed by atoms with Crippen LogP contribution in [0.25, 0.3) is 0 Å². The van der Waals surface area contributed by atoms with Crippen molar-refractivity contribution in [3.8, 4) is 0 Å². The largest absolute Gasteiger partial charge is 0.349 e. The van der Waals surface area contributed by atoms with Crippen LogP contribution in [0, 0.1) is 11.8 Å². The highest BCUT2D eigenvalue weighted by molar-refractivity contribution is 5.75. The molecule has 0 bridgehead atoms. The highest BCUT2D eigenvalue weighted by Crippen LogP contribution is 2.29. The molecule has 1 rings (SSSR count). The Bertz CT molecular complexity index is 204. The van der Waals surface area contributed by atoms with Gasteiger partial charge in [0, 0.05) is 27.1 Å². The van der Waals surface area contributed by atoms with Gasteiger partial charge in [-0.2, -0.15) is 0 Å². The van der Waals surface area contributed by atoms with E-state index in [1.54, 1.807) is 19.0 Å². The number of amides is 1. The van der Waals surface area contributed by atoms with Gasteiger partial charge in [0.05, 0.1) is 0 Å². The first kappa shape index (κ1) is 12.5. The molecule has 15 heavy (non-hydrogen) atoms. The fourth-order valence-electron chi connectivity index (χ4n) is 2.24. The van der Waals surface area contributed by atoms with Gasteiger partial charge >= 0.3 is 0 Å². The van der Waals surface area contributed by atoms with Gasteiger partial charge in [-0.25, -0.2) is 0 Å². The summed E-state index contributed by atoms with van der Waals surface area (Å²) in [7, 11) is 3.61. The van der Waals surface area contributed by atoms with E-state index in [0.717, 1.165) is 24.9 Å². The van der Waals surface area contributed by atoms with E-state index in [2.05, 4.69) is 12.2 Å². The summed E-state index contributed by atoms with van der Waals surface area (Å²) in [6, 6.07) is 0. The van der Waals surface area contributed by atoms with Crippen molar-refractivity contribution in [2.24, 2.45) is 11.8 Å². The number of hydrogen-bond acceptors (Lipinski definition) is 2. The van der Waals surface area contributed by atoms with Crippen LogP contribution < -0.4 is 5.32 Å². The monoisotopic (exact) mass is 212 g/mol. The lowest BCUT2D eigenvalue weighted by molar-refractivity contribution is -0.128. The Hall–Kier alpha value is -0.570. The summed E-state index contributed by atoms with van der Waals surface area (Å²) >= 11 is 0. The average Bonchev–Trinajstić information content (AvgIpc) is 2.58. The predicted molar refractivity (Wildman–Crippen MR) is 62.7 cm³/mol. The van der Waals surface area contributed by atoms with Crippen molar-refractivity contribution in [3.63, 3.8) is 0 Å². The van der Waals surface area contributed by atoms with Crippen molar-refractivity contribution in [1.29, 1.82) is 0 Å². The molecule has 0 aromatic rings. The lowest BCUT2D eigenvalue weighted by Gasteiger charge is -2.13. The van der Waals surface area contributed by atoms with Crippen molar-refractivity contribution in [2.75, 3.05) is 27.2 Å². The van der Waals surface area contributed by atoms with E-state index in [-0.39, 0.29) is 5.91 Å². The fourth-order valence-corrected chi connectivity index (χ4v) is 2.24. The zero-order valence-electron chi connectivity index (χ0n) is 10.3. The van der Waals surface area contributed by atoms with E-state index < -0.39 is 0 Å². The molecule has 0 radical (unpaired) electrons. The van der Waals surface area contributed by atoms with E-state index in [1.165, 1.54) is 19.3 Å². The third kappa shape index (κ3) is 4.65. The third-order valence-corrected chi connectivity index (χ3v) is 3.25. The van der Waals surface area contributed by atoms with Gasteiger partial charge in [0.2, 0.25) is 5.91 Å². The molecule has 1 aliphatic carbocycles. The van der Waals surface area contributed by atoms with Crippen LogP contribution in [0.4, 0.5) is 0 Å². The lowest BCUT2D eigenvalue weighted by Crippen LogP contribution is -2.28. The summed E-state index contributed by atoms with van der Waals surface area (Å²) in [6.07, 6.45) is 4.71. The molecular weight excluding hydrogens is 188 g/mol. The first-order valence-corrected chi connectivity index (χ1v) is 6.00. The van der Waals surface area contributed by atoms with E-state index in [4.69, 9.17) is 0 Å². The molecule has 2 unspecified atom stereocenters. The van der Waals surface area contributed by atoms with Crippen LogP contribution in [0.2, 0.25) is 0 Å². The average molecular weight is 212 g/mol. The number of rotatable bonds is 5. The van der Waals surface area contributed by atoms with Gasteiger partial charge in [-0.1, -0.05) is 13.3 Å². The molecule has 0 spiro atoms. The van der Waals surface area contributed by atoms with Crippen LogP contribution in [0.15, 0.2) is 0 Å². The van der Waals surface area contributed by atoms with Gasteiger partial charge in [0.1, 0.15) is 0 Å². The molecule has 0 heterocycles. The van der Waals surface area contributed by atoms with Gasteiger partial charge in [-0.05, 0) is 31.2 Å². The minimum Gasteiger partial charge on any atom is -0.349 e. The van der Waals surface area contributed by atoms with Gasteiger partial charge in [-0.3, -0.25) is 4.79 Å². The highest BCUT2D eigenvalue weighted by atomic mass is 16.2. The second kappa shape index (κ2) is 6.11. The smallest absolute Gasteiger partial charge is 0.223 e. The summed E-state index contributed by atoms with van der Waals surface area (Å²) in [5.41, 5.74) is 0. The molecule has 1 aliphatic rings. The Morgan fingerprint density at radius 1 is 1.40 bits per heavy atom. The Morgan fingerprint density at radius 2 is 2.13 bits per heavy atom. The minimum absolute atomic E-state index is 0.210. The fraction of sp³-hybridized carbons (Fsp3) is 0.917. The maximum absolute atomic E-state index is 11.3. The van der Waals surface area contributed by atoms with Crippen LogP contribution in [0.3, 0.4) is 0 Å². The molecule has 0 aliphatic heterocycles. The van der Waals surface area contributed by atoms with Crippen molar-refractivity contribution in [1.82, 2.24) is 10.2 Å². The van der Waals surface area contributed by atoms with E-state index >= 15 is 0 Å². The van der Waals surface area contributed by atoms with Gasteiger partial charge < -0.3 is 10.2 Å².